The van der Waals surface area contributed by atoms with Gasteiger partial charge < -0.3 is 9.47 Å². The summed E-state index contributed by atoms with van der Waals surface area (Å²) >= 11 is 6.08. The van der Waals surface area contributed by atoms with E-state index in [1.165, 1.54) is 24.8 Å². The van der Waals surface area contributed by atoms with Gasteiger partial charge in [-0.1, -0.05) is 29.8 Å². The topological polar surface area (TPSA) is 59.3 Å². The highest BCUT2D eigenvalue weighted by Gasteiger charge is 2.16. The second kappa shape index (κ2) is 7.17. The van der Waals surface area contributed by atoms with E-state index in [0.717, 1.165) is 11.1 Å². The highest BCUT2D eigenvalue weighted by atomic mass is 35.5. The van der Waals surface area contributed by atoms with E-state index in [0.29, 0.717) is 5.56 Å². The van der Waals surface area contributed by atoms with Crippen LogP contribution in [0.2, 0.25) is 5.02 Å². The molecule has 118 valence electrons. The SMILES string of the molecule is COc1cc(C#N)cc(Cl)c1OC(=O)Cc1ccc(C)c(C)c1. The fourth-order valence-corrected chi connectivity index (χ4v) is 2.36. The number of hydrogen-bond acceptors (Lipinski definition) is 4. The first kappa shape index (κ1) is 16.9. The Morgan fingerprint density at radius 3 is 2.57 bits per heavy atom. The van der Waals surface area contributed by atoms with Gasteiger partial charge in [0.25, 0.3) is 0 Å². The number of aryl methyl sites for hydroxylation is 2. The first-order chi connectivity index (χ1) is 10.9. The summed E-state index contributed by atoms with van der Waals surface area (Å²) in [5, 5.41) is 9.09. The third-order valence-corrected chi connectivity index (χ3v) is 3.77. The molecule has 2 aromatic carbocycles. The van der Waals surface area contributed by atoms with Crippen molar-refractivity contribution in [2.24, 2.45) is 0 Å². The number of ether oxygens (including phenoxy) is 2. The number of halogens is 1. The quantitative estimate of drug-likeness (QED) is 0.628. The third-order valence-electron chi connectivity index (χ3n) is 3.49. The molecule has 4 nitrogen and oxygen atoms in total. The van der Waals surface area contributed by atoms with Crippen molar-refractivity contribution in [1.82, 2.24) is 0 Å². The molecule has 2 rings (SSSR count). The van der Waals surface area contributed by atoms with Crippen LogP contribution >= 0.6 is 11.6 Å². The summed E-state index contributed by atoms with van der Waals surface area (Å²) in [7, 11) is 1.42. The second-order valence-electron chi connectivity index (χ2n) is 5.17. The summed E-state index contributed by atoms with van der Waals surface area (Å²) in [6.45, 7) is 4.00. The third kappa shape index (κ3) is 4.02. The van der Waals surface area contributed by atoms with Gasteiger partial charge in [0.2, 0.25) is 0 Å². The van der Waals surface area contributed by atoms with Gasteiger partial charge in [0.15, 0.2) is 11.5 Å². The minimum atomic E-state index is -0.446. The predicted molar refractivity (Wildman–Crippen MR) is 88.0 cm³/mol. The monoisotopic (exact) mass is 329 g/mol. The van der Waals surface area contributed by atoms with Crippen molar-refractivity contribution in [3.63, 3.8) is 0 Å². The highest BCUT2D eigenvalue weighted by molar-refractivity contribution is 6.32. The number of esters is 1. The van der Waals surface area contributed by atoms with Crippen LogP contribution in [0.1, 0.15) is 22.3 Å². The lowest BCUT2D eigenvalue weighted by Gasteiger charge is -2.11. The Kier molecular flexibility index (Phi) is 5.25. The molecular weight excluding hydrogens is 314 g/mol. The maximum atomic E-state index is 12.2. The van der Waals surface area contributed by atoms with Crippen molar-refractivity contribution < 1.29 is 14.3 Å². The fourth-order valence-electron chi connectivity index (χ4n) is 2.11. The van der Waals surface area contributed by atoms with Crippen molar-refractivity contribution in [3.05, 3.63) is 57.6 Å². The van der Waals surface area contributed by atoms with Crippen LogP contribution in [0.4, 0.5) is 0 Å². The van der Waals surface area contributed by atoms with Crippen molar-refractivity contribution in [1.29, 1.82) is 5.26 Å². The number of benzene rings is 2. The molecule has 0 saturated carbocycles. The molecule has 0 atom stereocenters. The first-order valence-electron chi connectivity index (χ1n) is 6.99. The second-order valence-corrected chi connectivity index (χ2v) is 5.58. The van der Waals surface area contributed by atoms with Crippen molar-refractivity contribution in [2.45, 2.75) is 20.3 Å². The van der Waals surface area contributed by atoms with Crippen molar-refractivity contribution >= 4 is 17.6 Å². The number of hydrogen-bond donors (Lipinski definition) is 0. The van der Waals surface area contributed by atoms with Crippen LogP contribution in [0, 0.1) is 25.2 Å². The molecule has 0 aliphatic carbocycles. The van der Waals surface area contributed by atoms with Crippen molar-refractivity contribution in [3.8, 4) is 17.6 Å². The molecule has 0 N–H and O–H groups in total. The molecule has 0 radical (unpaired) electrons. The molecule has 0 bridgehead atoms. The molecule has 23 heavy (non-hydrogen) atoms. The summed E-state index contributed by atoms with van der Waals surface area (Å²) in [5.74, 6) is -0.0670. The minimum absolute atomic E-state index is 0.126. The lowest BCUT2D eigenvalue weighted by Crippen LogP contribution is -2.12. The zero-order valence-electron chi connectivity index (χ0n) is 13.1. The smallest absolute Gasteiger partial charge is 0.315 e. The highest BCUT2D eigenvalue weighted by Crippen LogP contribution is 2.36. The van der Waals surface area contributed by atoms with Crippen LogP contribution in [0.3, 0.4) is 0 Å². The average molecular weight is 330 g/mol. The lowest BCUT2D eigenvalue weighted by atomic mass is 10.0. The van der Waals surface area contributed by atoms with Crippen LogP contribution < -0.4 is 9.47 Å². The molecule has 0 aliphatic rings. The van der Waals surface area contributed by atoms with Gasteiger partial charge in [-0.3, -0.25) is 4.79 Å². The maximum absolute atomic E-state index is 12.2. The Morgan fingerprint density at radius 2 is 1.96 bits per heavy atom. The molecule has 0 saturated heterocycles. The zero-order valence-corrected chi connectivity index (χ0v) is 13.9. The largest absolute Gasteiger partial charge is 0.493 e. The molecule has 0 amide bonds. The molecular formula is C18H16ClNO3. The van der Waals surface area contributed by atoms with E-state index < -0.39 is 5.97 Å². The van der Waals surface area contributed by atoms with Crippen LogP contribution in [0.5, 0.6) is 11.5 Å². The van der Waals surface area contributed by atoms with E-state index in [1.54, 1.807) is 0 Å². The summed E-state index contributed by atoms with van der Waals surface area (Å²) < 4.78 is 10.5. The number of carbonyl (C=O) groups is 1. The van der Waals surface area contributed by atoms with Crippen LogP contribution in [0.15, 0.2) is 30.3 Å². The number of methoxy groups -OCH3 is 1. The van der Waals surface area contributed by atoms with Gasteiger partial charge in [-0.15, -0.1) is 0 Å². The van der Waals surface area contributed by atoms with E-state index in [-0.39, 0.29) is 22.9 Å². The van der Waals surface area contributed by atoms with Gasteiger partial charge in [0.05, 0.1) is 30.2 Å². The summed E-state index contributed by atoms with van der Waals surface area (Å²) in [4.78, 5) is 12.2. The van der Waals surface area contributed by atoms with E-state index in [9.17, 15) is 4.79 Å². The Hall–Kier alpha value is -2.51. The van der Waals surface area contributed by atoms with Crippen LogP contribution in [-0.4, -0.2) is 13.1 Å². The van der Waals surface area contributed by atoms with E-state index in [4.69, 9.17) is 26.3 Å². The number of nitriles is 1. The fraction of sp³-hybridized carbons (Fsp3) is 0.222. The van der Waals surface area contributed by atoms with Gasteiger partial charge in [-0.25, -0.2) is 0 Å². The average Bonchev–Trinajstić information content (AvgIpc) is 2.52. The molecule has 0 spiro atoms. The molecule has 0 unspecified atom stereocenters. The Balaban J connectivity index is 2.20. The van der Waals surface area contributed by atoms with E-state index >= 15 is 0 Å². The van der Waals surface area contributed by atoms with Gasteiger partial charge in [0.1, 0.15) is 0 Å². The maximum Gasteiger partial charge on any atom is 0.315 e. The zero-order chi connectivity index (χ0) is 17.0. The molecule has 0 heterocycles. The van der Waals surface area contributed by atoms with Crippen molar-refractivity contribution in [2.75, 3.05) is 7.11 Å². The minimum Gasteiger partial charge on any atom is -0.493 e. The molecule has 0 fully saturated rings. The first-order valence-corrected chi connectivity index (χ1v) is 7.37. The van der Waals surface area contributed by atoms with E-state index in [1.807, 2.05) is 38.1 Å². The summed E-state index contributed by atoms with van der Waals surface area (Å²) in [6, 6.07) is 10.7. The molecule has 0 aliphatic heterocycles. The molecule has 5 heteroatoms. The standard InChI is InChI=1S/C18H16ClNO3/c1-11-4-5-13(6-12(11)2)9-17(21)23-18-15(19)7-14(10-20)8-16(18)22-3/h4-8H,9H2,1-3H3. The lowest BCUT2D eigenvalue weighted by molar-refractivity contribution is -0.133. The number of carbonyl (C=O) groups excluding carboxylic acids is 1. The van der Waals surface area contributed by atoms with Crippen LogP contribution in [-0.2, 0) is 11.2 Å². The summed E-state index contributed by atoms with van der Waals surface area (Å²) in [5.41, 5.74) is 3.48. The Bertz CT molecular complexity index is 794. The normalized spacial score (nSPS) is 10.0. The number of rotatable bonds is 4. The van der Waals surface area contributed by atoms with Gasteiger partial charge >= 0.3 is 5.97 Å². The van der Waals surface area contributed by atoms with E-state index in [2.05, 4.69) is 0 Å². The van der Waals surface area contributed by atoms with Crippen LogP contribution in [0.25, 0.3) is 0 Å². The van der Waals surface area contributed by atoms with Gasteiger partial charge in [-0.05, 0) is 36.6 Å². The van der Waals surface area contributed by atoms with Gasteiger partial charge in [-0.2, -0.15) is 5.26 Å². The Morgan fingerprint density at radius 1 is 1.22 bits per heavy atom. The molecule has 0 aromatic heterocycles. The predicted octanol–water partition coefficient (Wildman–Crippen LogP) is 3.99. The number of nitrogens with zero attached hydrogens (tertiary/aromatic N) is 1. The summed E-state index contributed by atoms with van der Waals surface area (Å²) in [6.07, 6.45) is 0.126. The Labute approximate surface area is 140 Å². The molecule has 2 aromatic rings. The van der Waals surface area contributed by atoms with Gasteiger partial charge in [0, 0.05) is 6.07 Å².